The molecule has 0 atom stereocenters. The van der Waals surface area contributed by atoms with Crippen LogP contribution in [0.15, 0.2) is 30.3 Å². The van der Waals surface area contributed by atoms with Crippen molar-refractivity contribution in [3.63, 3.8) is 0 Å². The maximum Gasteiger partial charge on any atom is 0.219 e. The predicted molar refractivity (Wildman–Crippen MR) is 86.9 cm³/mol. The largest absolute Gasteiger partial charge is 0.439 e. The van der Waals surface area contributed by atoms with E-state index in [0.29, 0.717) is 11.9 Å². The molecule has 0 aliphatic heterocycles. The second kappa shape index (κ2) is 6.72. The number of hydrogen-bond acceptors (Lipinski definition) is 3. The third-order valence-corrected chi connectivity index (χ3v) is 3.42. The molecule has 1 aromatic carbocycles. The van der Waals surface area contributed by atoms with Gasteiger partial charge < -0.3 is 10.1 Å². The molecular formula is C18H24N2O. The fraction of sp³-hybridized carbons (Fsp3) is 0.389. The van der Waals surface area contributed by atoms with Crippen molar-refractivity contribution in [1.82, 2.24) is 10.3 Å². The lowest BCUT2D eigenvalue weighted by Gasteiger charge is -2.12. The minimum absolute atomic E-state index is 0.468. The molecule has 0 fully saturated rings. The zero-order valence-electron chi connectivity index (χ0n) is 13.5. The molecule has 0 radical (unpaired) electrons. The first kappa shape index (κ1) is 15.5. The van der Waals surface area contributed by atoms with Crippen LogP contribution < -0.4 is 10.1 Å². The topological polar surface area (TPSA) is 34.1 Å². The predicted octanol–water partition coefficient (Wildman–Crippen LogP) is 4.30. The molecule has 3 nitrogen and oxygen atoms in total. The van der Waals surface area contributed by atoms with Gasteiger partial charge in [0.25, 0.3) is 0 Å². The average molecular weight is 284 g/mol. The van der Waals surface area contributed by atoms with Gasteiger partial charge in [-0.25, -0.2) is 4.98 Å². The summed E-state index contributed by atoms with van der Waals surface area (Å²) in [6, 6.07) is 10.6. The van der Waals surface area contributed by atoms with E-state index in [0.717, 1.165) is 23.6 Å². The summed E-state index contributed by atoms with van der Waals surface area (Å²) in [6.07, 6.45) is 0. The van der Waals surface area contributed by atoms with Gasteiger partial charge in [0, 0.05) is 24.3 Å². The molecular weight excluding hydrogens is 260 g/mol. The first-order valence-corrected chi connectivity index (χ1v) is 7.40. The summed E-state index contributed by atoms with van der Waals surface area (Å²) in [5.74, 6) is 1.51. The first-order valence-electron chi connectivity index (χ1n) is 7.40. The van der Waals surface area contributed by atoms with Crippen molar-refractivity contribution in [2.24, 2.45) is 0 Å². The fourth-order valence-corrected chi connectivity index (χ4v) is 2.15. The van der Waals surface area contributed by atoms with Crippen molar-refractivity contribution in [2.75, 3.05) is 0 Å². The first-order chi connectivity index (χ1) is 9.95. The molecule has 0 amide bonds. The molecule has 0 aliphatic carbocycles. The fourth-order valence-electron chi connectivity index (χ4n) is 2.15. The third-order valence-electron chi connectivity index (χ3n) is 3.42. The Labute approximate surface area is 127 Å². The second-order valence-corrected chi connectivity index (χ2v) is 5.80. The number of ether oxygens (including phenoxy) is 1. The molecule has 112 valence electrons. The number of pyridine rings is 1. The molecule has 1 aromatic heterocycles. The van der Waals surface area contributed by atoms with Crippen molar-refractivity contribution in [2.45, 2.75) is 47.2 Å². The Bertz CT molecular complexity index is 621. The van der Waals surface area contributed by atoms with Gasteiger partial charge in [-0.1, -0.05) is 37.6 Å². The summed E-state index contributed by atoms with van der Waals surface area (Å²) in [5, 5.41) is 3.41. The van der Waals surface area contributed by atoms with Crippen molar-refractivity contribution < 1.29 is 4.74 Å². The normalized spacial score (nSPS) is 11.0. The number of aromatic nitrogens is 1. The number of rotatable bonds is 5. The lowest BCUT2D eigenvalue weighted by atomic mass is 10.1. The van der Waals surface area contributed by atoms with E-state index in [-0.39, 0.29) is 0 Å². The van der Waals surface area contributed by atoms with Crippen LogP contribution in [0.4, 0.5) is 0 Å². The van der Waals surface area contributed by atoms with Crippen molar-refractivity contribution in [3.05, 3.63) is 52.7 Å². The Morgan fingerprint density at radius 3 is 2.48 bits per heavy atom. The molecule has 2 aromatic rings. The van der Waals surface area contributed by atoms with Crippen molar-refractivity contribution in [1.29, 1.82) is 0 Å². The van der Waals surface area contributed by atoms with E-state index in [4.69, 9.17) is 4.74 Å². The quantitative estimate of drug-likeness (QED) is 0.889. The molecule has 21 heavy (non-hydrogen) atoms. The van der Waals surface area contributed by atoms with E-state index in [9.17, 15) is 0 Å². The summed E-state index contributed by atoms with van der Waals surface area (Å²) in [4.78, 5) is 4.55. The van der Waals surface area contributed by atoms with Crippen LogP contribution >= 0.6 is 0 Å². The maximum atomic E-state index is 5.89. The highest BCUT2D eigenvalue weighted by atomic mass is 16.5. The monoisotopic (exact) mass is 284 g/mol. The van der Waals surface area contributed by atoms with E-state index in [1.807, 2.05) is 19.1 Å². The Balaban J connectivity index is 2.12. The second-order valence-electron chi connectivity index (χ2n) is 5.80. The summed E-state index contributed by atoms with van der Waals surface area (Å²) < 4.78 is 5.89. The van der Waals surface area contributed by atoms with Crippen LogP contribution in [-0.4, -0.2) is 11.0 Å². The van der Waals surface area contributed by atoms with Gasteiger partial charge in [-0.05, 0) is 38.0 Å². The number of hydrogen-bond donors (Lipinski definition) is 1. The molecule has 0 spiro atoms. The van der Waals surface area contributed by atoms with E-state index in [2.05, 4.69) is 56.2 Å². The number of nitrogens with zero attached hydrogens (tertiary/aromatic N) is 1. The molecule has 0 saturated heterocycles. The number of aryl methyl sites for hydroxylation is 3. The lowest BCUT2D eigenvalue weighted by Crippen LogP contribution is -2.22. The Kier molecular flexibility index (Phi) is 4.97. The highest BCUT2D eigenvalue weighted by molar-refractivity contribution is 5.38. The van der Waals surface area contributed by atoms with E-state index >= 15 is 0 Å². The summed E-state index contributed by atoms with van der Waals surface area (Å²) in [5.41, 5.74) is 4.57. The lowest BCUT2D eigenvalue weighted by molar-refractivity contribution is 0.457. The van der Waals surface area contributed by atoms with Gasteiger partial charge in [0.2, 0.25) is 5.88 Å². The Morgan fingerprint density at radius 2 is 1.86 bits per heavy atom. The Morgan fingerprint density at radius 1 is 1.10 bits per heavy atom. The third kappa shape index (κ3) is 4.30. The molecule has 1 N–H and O–H groups in total. The van der Waals surface area contributed by atoms with E-state index < -0.39 is 0 Å². The minimum Gasteiger partial charge on any atom is -0.439 e. The molecule has 2 rings (SSSR count). The summed E-state index contributed by atoms with van der Waals surface area (Å²) >= 11 is 0. The molecule has 3 heteroatoms. The summed E-state index contributed by atoms with van der Waals surface area (Å²) in [7, 11) is 0. The highest BCUT2D eigenvalue weighted by Gasteiger charge is 2.06. The van der Waals surface area contributed by atoms with Gasteiger partial charge in [-0.3, -0.25) is 0 Å². The molecule has 0 saturated carbocycles. The average Bonchev–Trinajstić information content (AvgIpc) is 2.41. The zero-order chi connectivity index (χ0) is 15.4. The van der Waals surface area contributed by atoms with E-state index in [1.54, 1.807) is 0 Å². The van der Waals surface area contributed by atoms with Crippen molar-refractivity contribution in [3.8, 4) is 11.6 Å². The maximum absolute atomic E-state index is 5.89. The van der Waals surface area contributed by atoms with Gasteiger partial charge >= 0.3 is 0 Å². The van der Waals surface area contributed by atoms with Gasteiger partial charge in [-0.15, -0.1) is 0 Å². The van der Waals surface area contributed by atoms with Gasteiger partial charge in [0.05, 0.1) is 0 Å². The molecule has 0 unspecified atom stereocenters. The van der Waals surface area contributed by atoms with Crippen LogP contribution in [0.1, 0.15) is 36.2 Å². The van der Waals surface area contributed by atoms with Crippen LogP contribution in [0, 0.1) is 20.8 Å². The number of nitrogens with one attached hydrogen (secondary N) is 1. The van der Waals surface area contributed by atoms with Crippen molar-refractivity contribution >= 4 is 0 Å². The molecule has 1 heterocycles. The van der Waals surface area contributed by atoms with Gasteiger partial charge in [0.15, 0.2) is 0 Å². The van der Waals surface area contributed by atoms with Gasteiger partial charge in [0.1, 0.15) is 5.75 Å². The van der Waals surface area contributed by atoms with E-state index in [1.165, 1.54) is 11.1 Å². The van der Waals surface area contributed by atoms with Crippen LogP contribution in [-0.2, 0) is 6.54 Å². The minimum atomic E-state index is 0.468. The standard InChI is InChI=1S/C18H24N2O/c1-12(2)19-11-16-7-9-18(20-15(16)5)21-17-8-6-13(3)10-14(17)4/h6-10,12,19H,11H2,1-5H3. The van der Waals surface area contributed by atoms with Crippen LogP contribution in [0.25, 0.3) is 0 Å². The van der Waals surface area contributed by atoms with Crippen LogP contribution in [0.2, 0.25) is 0 Å². The highest BCUT2D eigenvalue weighted by Crippen LogP contribution is 2.25. The molecule has 0 bridgehead atoms. The Hall–Kier alpha value is -1.87. The number of benzene rings is 1. The summed E-state index contributed by atoms with van der Waals surface area (Å²) in [6.45, 7) is 11.3. The molecule has 0 aliphatic rings. The van der Waals surface area contributed by atoms with Crippen LogP contribution in [0.3, 0.4) is 0 Å². The van der Waals surface area contributed by atoms with Gasteiger partial charge in [-0.2, -0.15) is 0 Å². The van der Waals surface area contributed by atoms with Crippen LogP contribution in [0.5, 0.6) is 11.6 Å². The zero-order valence-corrected chi connectivity index (χ0v) is 13.5. The smallest absolute Gasteiger partial charge is 0.219 e. The SMILES string of the molecule is Cc1ccc(Oc2ccc(CNC(C)C)c(C)n2)c(C)c1.